The summed E-state index contributed by atoms with van der Waals surface area (Å²) in [6.45, 7) is 8.29. The minimum atomic E-state index is -1.13. The van der Waals surface area contributed by atoms with E-state index in [0.29, 0.717) is 18.2 Å². The van der Waals surface area contributed by atoms with E-state index in [1.807, 2.05) is 12.1 Å². The first-order valence-electron chi connectivity index (χ1n) is 9.05. The highest BCUT2D eigenvalue weighted by molar-refractivity contribution is 6.76. The third-order valence-electron chi connectivity index (χ3n) is 4.66. The van der Waals surface area contributed by atoms with Crippen molar-refractivity contribution in [1.82, 2.24) is 24.7 Å². The zero-order valence-electron chi connectivity index (χ0n) is 15.9. The van der Waals surface area contributed by atoms with Gasteiger partial charge in [-0.15, -0.1) is 0 Å². The van der Waals surface area contributed by atoms with Crippen LogP contribution in [0.5, 0.6) is 0 Å². The number of nitrogens with zero attached hydrogens (tertiary/aromatic N) is 4. The lowest BCUT2D eigenvalue weighted by Gasteiger charge is -2.16. The molecule has 0 fully saturated rings. The molecule has 1 aromatic carbocycles. The quantitative estimate of drug-likeness (QED) is 0.391. The minimum absolute atomic E-state index is 0.417. The van der Waals surface area contributed by atoms with Crippen LogP contribution in [-0.4, -0.2) is 39.4 Å². The summed E-state index contributed by atoms with van der Waals surface area (Å²) in [5, 5.41) is 9.25. The molecule has 8 heteroatoms. The number of nitrogens with one attached hydrogen (secondary N) is 1. The highest BCUT2D eigenvalue weighted by Gasteiger charge is 2.18. The van der Waals surface area contributed by atoms with E-state index in [1.54, 1.807) is 0 Å². The molecule has 4 rings (SSSR count). The molecule has 3 heterocycles. The zero-order chi connectivity index (χ0) is 19.0. The number of benzene rings is 1. The maximum Gasteiger partial charge on any atom is 0.186 e. The summed E-state index contributed by atoms with van der Waals surface area (Å²) < 4.78 is 8.20. The van der Waals surface area contributed by atoms with Gasteiger partial charge in [-0.1, -0.05) is 37.8 Å². The molecule has 0 saturated heterocycles. The molecular weight excluding hydrogens is 356 g/mol. The number of hydrogen-bond acceptors (Lipinski definition) is 5. The Labute approximate surface area is 158 Å². The standard InChI is InChI=1S/C19H24N6OSi/c1-27(2,3)9-8-26-12-25-14-7-5-4-6-13(14)10-15(25)17-16-18(20)21-11-22-19(16)24-23-17/h4-7,10-11H,8-9,12H2,1-3H3,(H3,20,21,22,23,24). The fourth-order valence-corrected chi connectivity index (χ4v) is 3.91. The summed E-state index contributed by atoms with van der Waals surface area (Å²) in [5.41, 5.74) is 9.56. The molecule has 0 amide bonds. The molecule has 0 unspecified atom stereocenters. The Morgan fingerprint density at radius 2 is 2.00 bits per heavy atom. The molecule has 0 radical (unpaired) electrons. The second-order valence-electron chi connectivity index (χ2n) is 7.92. The Kier molecular flexibility index (Phi) is 4.45. The fraction of sp³-hybridized carbons (Fsp3) is 0.316. The third kappa shape index (κ3) is 3.45. The SMILES string of the molecule is C[Si](C)(C)CCOCn1c(-c2[nH]nc3ncnc(N)c23)cc2ccccc21. The Balaban J connectivity index is 1.76. The van der Waals surface area contributed by atoms with Crippen molar-refractivity contribution in [2.24, 2.45) is 0 Å². The maximum atomic E-state index is 6.11. The summed E-state index contributed by atoms with van der Waals surface area (Å²) in [5.74, 6) is 0.417. The van der Waals surface area contributed by atoms with Crippen LogP contribution in [0.2, 0.25) is 25.7 Å². The molecule has 0 bridgehead atoms. The smallest absolute Gasteiger partial charge is 0.186 e. The maximum absolute atomic E-state index is 6.11. The number of hydrogen-bond donors (Lipinski definition) is 2. The normalized spacial score (nSPS) is 12.3. The van der Waals surface area contributed by atoms with Gasteiger partial charge in [0.2, 0.25) is 0 Å². The van der Waals surface area contributed by atoms with Gasteiger partial charge >= 0.3 is 0 Å². The molecule has 3 aromatic heterocycles. The number of nitrogens with two attached hydrogens (primary N) is 1. The van der Waals surface area contributed by atoms with E-state index in [2.05, 4.69) is 62.6 Å². The second kappa shape index (κ2) is 6.79. The molecular formula is C19H24N6OSi. The largest absolute Gasteiger partial charge is 0.383 e. The van der Waals surface area contributed by atoms with Gasteiger partial charge in [0.25, 0.3) is 0 Å². The van der Waals surface area contributed by atoms with E-state index >= 15 is 0 Å². The van der Waals surface area contributed by atoms with Crippen molar-refractivity contribution in [3.8, 4) is 11.4 Å². The van der Waals surface area contributed by atoms with Crippen LogP contribution in [0.1, 0.15) is 0 Å². The summed E-state index contributed by atoms with van der Waals surface area (Å²) in [6, 6.07) is 11.5. The van der Waals surface area contributed by atoms with Gasteiger partial charge in [-0.3, -0.25) is 5.10 Å². The van der Waals surface area contributed by atoms with Gasteiger partial charge in [0.15, 0.2) is 5.65 Å². The van der Waals surface area contributed by atoms with Crippen molar-refractivity contribution in [1.29, 1.82) is 0 Å². The fourth-order valence-electron chi connectivity index (χ4n) is 3.15. The van der Waals surface area contributed by atoms with E-state index < -0.39 is 8.07 Å². The van der Waals surface area contributed by atoms with Crippen molar-refractivity contribution in [2.75, 3.05) is 12.3 Å². The Morgan fingerprint density at radius 3 is 2.81 bits per heavy atom. The van der Waals surface area contributed by atoms with E-state index in [1.165, 1.54) is 6.33 Å². The zero-order valence-corrected chi connectivity index (χ0v) is 16.9. The first kappa shape index (κ1) is 17.7. The highest BCUT2D eigenvalue weighted by Crippen LogP contribution is 2.33. The van der Waals surface area contributed by atoms with Crippen LogP contribution in [-0.2, 0) is 11.5 Å². The lowest BCUT2D eigenvalue weighted by Crippen LogP contribution is -2.22. The van der Waals surface area contributed by atoms with Crippen molar-refractivity contribution >= 4 is 35.8 Å². The summed E-state index contributed by atoms with van der Waals surface area (Å²) in [7, 11) is -1.13. The van der Waals surface area contributed by atoms with Crippen LogP contribution < -0.4 is 5.73 Å². The second-order valence-corrected chi connectivity index (χ2v) is 13.5. The van der Waals surface area contributed by atoms with E-state index in [4.69, 9.17) is 10.5 Å². The molecule has 7 nitrogen and oxygen atoms in total. The number of aromatic amines is 1. The molecule has 0 atom stereocenters. The number of anilines is 1. The van der Waals surface area contributed by atoms with Crippen LogP contribution in [0, 0.1) is 0 Å². The van der Waals surface area contributed by atoms with Crippen molar-refractivity contribution < 1.29 is 4.74 Å². The summed E-state index contributed by atoms with van der Waals surface area (Å²) in [6.07, 6.45) is 1.43. The molecule has 0 saturated carbocycles. The Hall–Kier alpha value is -2.71. The van der Waals surface area contributed by atoms with E-state index in [0.717, 1.165) is 40.3 Å². The lowest BCUT2D eigenvalue weighted by atomic mass is 10.2. The average molecular weight is 381 g/mol. The average Bonchev–Trinajstić information content (AvgIpc) is 3.20. The van der Waals surface area contributed by atoms with E-state index in [-0.39, 0.29) is 0 Å². The molecule has 3 N–H and O–H groups in total. The number of fused-ring (bicyclic) bond motifs is 2. The molecule has 140 valence electrons. The van der Waals surface area contributed by atoms with Gasteiger partial charge in [-0.25, -0.2) is 9.97 Å². The molecule has 27 heavy (non-hydrogen) atoms. The first-order chi connectivity index (χ1) is 12.9. The lowest BCUT2D eigenvalue weighted by molar-refractivity contribution is 0.0912. The predicted molar refractivity (Wildman–Crippen MR) is 111 cm³/mol. The molecule has 0 spiro atoms. The highest BCUT2D eigenvalue weighted by atomic mass is 28.3. The number of aromatic nitrogens is 5. The number of nitrogen functional groups attached to an aromatic ring is 1. The van der Waals surface area contributed by atoms with Gasteiger partial charge in [0, 0.05) is 20.1 Å². The summed E-state index contributed by atoms with van der Waals surface area (Å²) >= 11 is 0. The number of ether oxygens (including phenoxy) is 1. The van der Waals surface area contributed by atoms with Crippen molar-refractivity contribution in [2.45, 2.75) is 32.4 Å². The third-order valence-corrected chi connectivity index (χ3v) is 6.37. The minimum Gasteiger partial charge on any atom is -0.383 e. The number of rotatable bonds is 6. The summed E-state index contributed by atoms with van der Waals surface area (Å²) in [4.78, 5) is 8.33. The molecule has 0 aliphatic rings. The van der Waals surface area contributed by atoms with Gasteiger partial charge in [0.1, 0.15) is 18.9 Å². The molecule has 0 aliphatic heterocycles. The van der Waals surface area contributed by atoms with Gasteiger partial charge in [-0.2, -0.15) is 5.10 Å². The topological polar surface area (TPSA) is 94.6 Å². The van der Waals surface area contributed by atoms with Crippen molar-refractivity contribution in [3.63, 3.8) is 0 Å². The Morgan fingerprint density at radius 1 is 1.19 bits per heavy atom. The van der Waals surface area contributed by atoms with Crippen LogP contribution in [0.25, 0.3) is 33.3 Å². The number of H-pyrrole nitrogens is 1. The van der Waals surface area contributed by atoms with Crippen LogP contribution in [0.4, 0.5) is 5.82 Å². The van der Waals surface area contributed by atoms with Gasteiger partial charge < -0.3 is 15.0 Å². The van der Waals surface area contributed by atoms with Gasteiger partial charge in [0.05, 0.1) is 22.3 Å². The molecule has 0 aliphatic carbocycles. The van der Waals surface area contributed by atoms with Gasteiger partial charge in [-0.05, 0) is 18.2 Å². The van der Waals surface area contributed by atoms with Crippen LogP contribution >= 0.6 is 0 Å². The predicted octanol–water partition coefficient (Wildman–Crippen LogP) is 3.87. The molecule has 4 aromatic rings. The van der Waals surface area contributed by atoms with E-state index in [9.17, 15) is 0 Å². The van der Waals surface area contributed by atoms with Crippen molar-refractivity contribution in [3.05, 3.63) is 36.7 Å². The number of para-hydroxylation sites is 1. The monoisotopic (exact) mass is 380 g/mol. The Bertz CT molecular complexity index is 1090. The van der Waals surface area contributed by atoms with Crippen LogP contribution in [0.15, 0.2) is 36.7 Å². The first-order valence-corrected chi connectivity index (χ1v) is 12.8. The van der Waals surface area contributed by atoms with Crippen LogP contribution in [0.3, 0.4) is 0 Å².